The zero-order valence-corrected chi connectivity index (χ0v) is 18.9. The minimum Gasteiger partial charge on any atom is -0.378 e. The first kappa shape index (κ1) is 21.4. The number of hydrogen-bond donors (Lipinski definition) is 1. The molecule has 9 nitrogen and oxygen atoms in total. The molecule has 31 heavy (non-hydrogen) atoms. The Bertz CT molecular complexity index is 1050. The second-order valence-corrected chi connectivity index (χ2v) is 8.21. The lowest BCUT2D eigenvalue weighted by Crippen LogP contribution is -2.37. The molecule has 1 fully saturated rings. The molecule has 3 aromatic rings. The Hall–Kier alpha value is -2.85. The van der Waals surface area contributed by atoms with E-state index in [9.17, 15) is 4.79 Å². The molecule has 4 rings (SSSR count). The van der Waals surface area contributed by atoms with Crippen molar-refractivity contribution in [3.8, 4) is 0 Å². The van der Waals surface area contributed by atoms with Gasteiger partial charge in [0.2, 0.25) is 0 Å². The van der Waals surface area contributed by atoms with Crippen LogP contribution in [-0.2, 0) is 11.3 Å². The van der Waals surface area contributed by atoms with E-state index in [2.05, 4.69) is 20.3 Å². The zero-order valence-electron chi connectivity index (χ0n) is 18.0. The quantitative estimate of drug-likeness (QED) is 0.439. The number of fused-ring (bicyclic) bond motifs is 1. The molecule has 0 atom stereocenters. The first-order chi connectivity index (χ1) is 15.1. The summed E-state index contributed by atoms with van der Waals surface area (Å²) < 4.78 is 7.30. The molecule has 164 valence electrons. The number of carbonyl (C=O) groups excluding carboxylic acids is 1. The summed E-state index contributed by atoms with van der Waals surface area (Å²) in [6.07, 6.45) is 3.78. The normalized spacial score (nSPS) is 14.1. The third-order valence-corrected chi connectivity index (χ3v) is 5.75. The topological polar surface area (TPSA) is 88.4 Å². The van der Waals surface area contributed by atoms with E-state index < -0.39 is 0 Å². The van der Waals surface area contributed by atoms with Crippen molar-refractivity contribution in [1.29, 1.82) is 0 Å². The van der Waals surface area contributed by atoms with Crippen molar-refractivity contribution < 1.29 is 9.53 Å². The lowest BCUT2D eigenvalue weighted by Gasteiger charge is -2.28. The van der Waals surface area contributed by atoms with Gasteiger partial charge in [-0.05, 0) is 30.5 Å². The lowest BCUT2D eigenvalue weighted by molar-refractivity contribution is 0.0952. The van der Waals surface area contributed by atoms with Crippen molar-refractivity contribution >= 4 is 40.2 Å². The molecule has 3 heterocycles. The number of benzene rings is 1. The third-order valence-electron chi connectivity index (χ3n) is 5.20. The first-order valence-electron chi connectivity index (χ1n) is 10.2. The van der Waals surface area contributed by atoms with Gasteiger partial charge in [0.15, 0.2) is 10.8 Å². The van der Waals surface area contributed by atoms with E-state index in [0.29, 0.717) is 37.0 Å². The van der Waals surface area contributed by atoms with Crippen molar-refractivity contribution in [3.05, 3.63) is 36.0 Å². The van der Waals surface area contributed by atoms with E-state index >= 15 is 0 Å². The van der Waals surface area contributed by atoms with Gasteiger partial charge in [0.1, 0.15) is 5.82 Å². The maximum Gasteiger partial charge on any atom is 0.251 e. The number of ether oxygens (including phenoxy) is 1. The van der Waals surface area contributed by atoms with E-state index in [1.54, 1.807) is 0 Å². The summed E-state index contributed by atoms with van der Waals surface area (Å²) in [7, 11) is 3.94. The van der Waals surface area contributed by atoms with Gasteiger partial charge in [0, 0.05) is 45.0 Å². The third kappa shape index (κ3) is 4.75. The van der Waals surface area contributed by atoms with Gasteiger partial charge in [-0.1, -0.05) is 11.8 Å². The Morgan fingerprint density at radius 3 is 2.61 bits per heavy atom. The molecule has 0 unspecified atom stereocenters. The van der Waals surface area contributed by atoms with Crippen LogP contribution in [0.4, 0.5) is 11.5 Å². The van der Waals surface area contributed by atoms with Crippen molar-refractivity contribution in [1.82, 2.24) is 25.1 Å². The Balaban J connectivity index is 1.46. The molecule has 0 aliphatic carbocycles. The Morgan fingerprint density at radius 2 is 1.94 bits per heavy atom. The number of carbonyl (C=O) groups is 1. The van der Waals surface area contributed by atoms with Crippen LogP contribution in [0.5, 0.6) is 0 Å². The van der Waals surface area contributed by atoms with Crippen molar-refractivity contribution in [2.45, 2.75) is 11.7 Å². The van der Waals surface area contributed by atoms with Gasteiger partial charge in [-0.15, -0.1) is 0 Å². The van der Waals surface area contributed by atoms with Crippen LogP contribution in [0.2, 0.25) is 0 Å². The Kier molecular flexibility index (Phi) is 6.57. The predicted molar refractivity (Wildman–Crippen MR) is 123 cm³/mol. The van der Waals surface area contributed by atoms with E-state index in [-0.39, 0.29) is 5.91 Å². The highest BCUT2D eigenvalue weighted by atomic mass is 32.2. The lowest BCUT2D eigenvalue weighted by atomic mass is 10.2. The van der Waals surface area contributed by atoms with Gasteiger partial charge < -0.3 is 19.9 Å². The number of amides is 1. The van der Waals surface area contributed by atoms with Gasteiger partial charge in [-0.2, -0.15) is 5.10 Å². The monoisotopic (exact) mass is 441 g/mol. The standard InChI is InChI=1S/C21H27N7O2S/c1-26(2)16-6-4-15(5-7-16)20(29)22-8-9-28-19-17(14-23-28)18(24-21(25-19)31-3)27-10-12-30-13-11-27/h4-7,14H,8-13H2,1-3H3,(H,22,29). The molecule has 1 amide bonds. The molecule has 1 N–H and O–H groups in total. The number of anilines is 2. The summed E-state index contributed by atoms with van der Waals surface area (Å²) in [6.45, 7) is 3.96. The molecule has 1 aliphatic heterocycles. The van der Waals surface area contributed by atoms with Crippen LogP contribution in [0.25, 0.3) is 11.0 Å². The van der Waals surface area contributed by atoms with Gasteiger partial charge in [0.25, 0.3) is 5.91 Å². The Labute approximate surface area is 185 Å². The highest BCUT2D eigenvalue weighted by Crippen LogP contribution is 2.27. The molecular weight excluding hydrogens is 414 g/mol. The molecule has 0 saturated carbocycles. The summed E-state index contributed by atoms with van der Waals surface area (Å²) in [5, 5.41) is 9.12. The van der Waals surface area contributed by atoms with Gasteiger partial charge >= 0.3 is 0 Å². The molecule has 2 aromatic heterocycles. The highest BCUT2D eigenvalue weighted by molar-refractivity contribution is 7.98. The van der Waals surface area contributed by atoms with Gasteiger partial charge in [-0.3, -0.25) is 4.79 Å². The second-order valence-electron chi connectivity index (χ2n) is 7.44. The van der Waals surface area contributed by atoms with Crippen LogP contribution >= 0.6 is 11.8 Å². The molecule has 0 bridgehead atoms. The largest absolute Gasteiger partial charge is 0.378 e. The van der Waals surface area contributed by atoms with Crippen molar-refractivity contribution in [3.63, 3.8) is 0 Å². The summed E-state index contributed by atoms with van der Waals surface area (Å²) in [5.41, 5.74) is 2.47. The van der Waals surface area contributed by atoms with Gasteiger partial charge in [-0.25, -0.2) is 14.6 Å². The highest BCUT2D eigenvalue weighted by Gasteiger charge is 2.20. The van der Waals surface area contributed by atoms with Crippen LogP contribution in [0.3, 0.4) is 0 Å². The smallest absolute Gasteiger partial charge is 0.251 e. The zero-order chi connectivity index (χ0) is 21.8. The fourth-order valence-corrected chi connectivity index (χ4v) is 3.84. The van der Waals surface area contributed by atoms with Crippen molar-refractivity contribution in [2.24, 2.45) is 0 Å². The van der Waals surface area contributed by atoms with E-state index in [0.717, 1.165) is 35.6 Å². The maximum atomic E-state index is 12.5. The Morgan fingerprint density at radius 1 is 1.19 bits per heavy atom. The minimum absolute atomic E-state index is 0.102. The first-order valence-corrected chi connectivity index (χ1v) is 11.4. The van der Waals surface area contributed by atoms with Crippen LogP contribution in [0, 0.1) is 0 Å². The maximum absolute atomic E-state index is 12.5. The molecule has 0 radical (unpaired) electrons. The summed E-state index contributed by atoms with van der Waals surface area (Å²) >= 11 is 1.51. The van der Waals surface area contributed by atoms with Crippen LogP contribution in [0.1, 0.15) is 10.4 Å². The minimum atomic E-state index is -0.102. The molecule has 10 heteroatoms. The average Bonchev–Trinajstić information content (AvgIpc) is 3.21. The fraction of sp³-hybridized carbons (Fsp3) is 0.429. The van der Waals surface area contributed by atoms with E-state index in [4.69, 9.17) is 9.72 Å². The summed E-state index contributed by atoms with van der Waals surface area (Å²) in [5.74, 6) is 0.795. The molecule has 1 aromatic carbocycles. The number of rotatable bonds is 7. The summed E-state index contributed by atoms with van der Waals surface area (Å²) in [6, 6.07) is 7.54. The number of aromatic nitrogens is 4. The van der Waals surface area contributed by atoms with E-state index in [1.807, 2.05) is 60.4 Å². The number of thioether (sulfide) groups is 1. The number of hydrogen-bond acceptors (Lipinski definition) is 8. The molecule has 1 saturated heterocycles. The molecule has 0 spiro atoms. The molecular formula is C21H27N7O2S. The number of morpholine rings is 1. The number of nitrogens with one attached hydrogen (secondary N) is 1. The predicted octanol–water partition coefficient (Wildman–Crippen LogP) is 1.88. The van der Waals surface area contributed by atoms with Crippen LogP contribution in [-0.4, -0.2) is 78.9 Å². The number of nitrogens with zero attached hydrogens (tertiary/aromatic N) is 6. The average molecular weight is 442 g/mol. The van der Waals surface area contributed by atoms with Crippen LogP contribution in [0.15, 0.2) is 35.6 Å². The SMILES string of the molecule is CSc1nc(N2CCOCC2)c2cnn(CCNC(=O)c3ccc(N(C)C)cc3)c2n1. The van der Waals surface area contributed by atoms with Crippen molar-refractivity contribution in [2.75, 3.05) is 63.0 Å². The molecule has 1 aliphatic rings. The van der Waals surface area contributed by atoms with Crippen LogP contribution < -0.4 is 15.1 Å². The van der Waals surface area contributed by atoms with E-state index in [1.165, 1.54) is 11.8 Å². The van der Waals surface area contributed by atoms with Gasteiger partial charge in [0.05, 0.1) is 31.3 Å². The summed E-state index contributed by atoms with van der Waals surface area (Å²) in [4.78, 5) is 26.1. The second kappa shape index (κ2) is 9.52. The fourth-order valence-electron chi connectivity index (χ4n) is 3.48.